The highest BCUT2D eigenvalue weighted by atomic mass is 16.3. The Kier molecular flexibility index (Phi) is 3.72. The number of hydrogen-bond donors (Lipinski definition) is 2. The van der Waals surface area contributed by atoms with E-state index in [0.29, 0.717) is 17.7 Å². The fraction of sp³-hybridized carbons (Fsp3) is 0.944. The molecule has 0 aliphatic heterocycles. The number of aliphatic hydroxyl groups excluding tert-OH is 1. The summed E-state index contributed by atoms with van der Waals surface area (Å²) in [7, 11) is 0. The predicted octanol–water partition coefficient (Wildman–Crippen LogP) is 2.73. The van der Waals surface area contributed by atoms with Gasteiger partial charge >= 0.3 is 0 Å². The third-order valence-corrected chi connectivity index (χ3v) is 7.02. The maximum Gasteiger partial charge on any atom is 0.223 e. The van der Waals surface area contributed by atoms with Crippen LogP contribution in [0.1, 0.15) is 57.8 Å². The van der Waals surface area contributed by atoms with Crippen molar-refractivity contribution in [3.05, 3.63) is 0 Å². The van der Waals surface area contributed by atoms with Crippen LogP contribution in [-0.4, -0.2) is 23.7 Å². The summed E-state index contributed by atoms with van der Waals surface area (Å²) >= 11 is 0. The van der Waals surface area contributed by atoms with Gasteiger partial charge in [0.05, 0.1) is 0 Å². The van der Waals surface area contributed by atoms with Gasteiger partial charge in [-0.05, 0) is 68.1 Å². The average Bonchev–Trinajstić information content (AvgIpc) is 2.96. The molecule has 0 heterocycles. The normalized spacial score (nSPS) is 42.6. The molecule has 0 aromatic heterocycles. The number of hydrogen-bond acceptors (Lipinski definition) is 2. The minimum absolute atomic E-state index is 0.199. The van der Waals surface area contributed by atoms with Gasteiger partial charge in [0.25, 0.3) is 0 Å². The van der Waals surface area contributed by atoms with E-state index in [1.807, 2.05) is 0 Å². The summed E-state index contributed by atoms with van der Waals surface area (Å²) in [5, 5.41) is 12.7. The lowest BCUT2D eigenvalue weighted by atomic mass is 9.82. The van der Waals surface area contributed by atoms with Crippen molar-refractivity contribution in [2.45, 2.75) is 63.8 Å². The molecule has 0 aromatic rings. The molecule has 0 radical (unpaired) electrons. The molecule has 1 amide bonds. The average molecular weight is 291 g/mol. The van der Waals surface area contributed by atoms with Gasteiger partial charge in [-0.25, -0.2) is 0 Å². The third-order valence-electron chi connectivity index (χ3n) is 7.02. The lowest BCUT2D eigenvalue weighted by molar-refractivity contribution is -0.124. The number of fused-ring (bicyclic) bond motifs is 5. The van der Waals surface area contributed by atoms with Gasteiger partial charge in [0.1, 0.15) is 0 Å². The highest BCUT2D eigenvalue weighted by molar-refractivity contribution is 5.83. The van der Waals surface area contributed by atoms with Crippen molar-refractivity contribution in [2.75, 3.05) is 6.61 Å². The van der Waals surface area contributed by atoms with E-state index in [1.165, 1.54) is 51.4 Å². The Morgan fingerprint density at radius 3 is 2.33 bits per heavy atom. The summed E-state index contributed by atoms with van der Waals surface area (Å²) in [6.07, 6.45) is 11.3. The van der Waals surface area contributed by atoms with Crippen LogP contribution in [-0.2, 0) is 4.79 Å². The second kappa shape index (κ2) is 5.57. The molecular weight excluding hydrogens is 262 g/mol. The molecule has 118 valence electrons. The Morgan fingerprint density at radius 2 is 1.71 bits per heavy atom. The Balaban J connectivity index is 1.36. The van der Waals surface area contributed by atoms with E-state index in [9.17, 15) is 9.90 Å². The zero-order valence-electron chi connectivity index (χ0n) is 13.0. The van der Waals surface area contributed by atoms with Crippen LogP contribution in [0.3, 0.4) is 0 Å². The van der Waals surface area contributed by atoms with Crippen molar-refractivity contribution in [1.29, 1.82) is 0 Å². The number of nitrogens with one attached hydrogen (secondary N) is 1. The largest absolute Gasteiger partial charge is 0.396 e. The van der Waals surface area contributed by atoms with Gasteiger partial charge in [-0.3, -0.25) is 4.79 Å². The number of amides is 1. The van der Waals surface area contributed by atoms with Gasteiger partial charge in [-0.15, -0.1) is 0 Å². The van der Waals surface area contributed by atoms with Crippen LogP contribution in [0.25, 0.3) is 0 Å². The molecule has 3 heteroatoms. The molecule has 4 fully saturated rings. The minimum Gasteiger partial charge on any atom is -0.396 e. The Labute approximate surface area is 127 Å². The molecule has 3 nitrogen and oxygen atoms in total. The molecule has 0 aromatic carbocycles. The molecule has 21 heavy (non-hydrogen) atoms. The van der Waals surface area contributed by atoms with E-state index in [4.69, 9.17) is 0 Å². The first-order valence-corrected chi connectivity index (χ1v) is 9.21. The number of carbonyl (C=O) groups excluding carboxylic acids is 1. The smallest absolute Gasteiger partial charge is 0.223 e. The number of carbonyl (C=O) groups is 1. The second-order valence-electron chi connectivity index (χ2n) is 8.04. The van der Waals surface area contributed by atoms with Gasteiger partial charge in [0.2, 0.25) is 5.91 Å². The summed E-state index contributed by atoms with van der Waals surface area (Å²) in [5.74, 6) is 4.44. The molecule has 2 N–H and O–H groups in total. The van der Waals surface area contributed by atoms with Gasteiger partial charge in [0.15, 0.2) is 0 Å². The molecule has 4 saturated carbocycles. The van der Waals surface area contributed by atoms with Crippen LogP contribution in [0.4, 0.5) is 0 Å². The lowest BCUT2D eigenvalue weighted by Crippen LogP contribution is -2.43. The highest BCUT2D eigenvalue weighted by Gasteiger charge is 2.67. The summed E-state index contributed by atoms with van der Waals surface area (Å²) in [6, 6.07) is 0.224. The lowest BCUT2D eigenvalue weighted by Gasteiger charge is -2.31. The van der Waals surface area contributed by atoms with Gasteiger partial charge in [-0.2, -0.15) is 0 Å². The first kappa shape index (κ1) is 14.0. The van der Waals surface area contributed by atoms with Crippen LogP contribution in [0.2, 0.25) is 0 Å². The van der Waals surface area contributed by atoms with E-state index < -0.39 is 0 Å². The van der Waals surface area contributed by atoms with Gasteiger partial charge < -0.3 is 10.4 Å². The Hall–Kier alpha value is -0.570. The van der Waals surface area contributed by atoms with Crippen LogP contribution in [0.15, 0.2) is 0 Å². The topological polar surface area (TPSA) is 49.3 Å². The summed E-state index contributed by atoms with van der Waals surface area (Å²) in [5.41, 5.74) is 0. The van der Waals surface area contributed by atoms with Crippen LogP contribution < -0.4 is 5.32 Å². The fourth-order valence-corrected chi connectivity index (χ4v) is 6.06. The first-order chi connectivity index (χ1) is 10.3. The van der Waals surface area contributed by atoms with Crippen LogP contribution >= 0.6 is 0 Å². The van der Waals surface area contributed by atoms with E-state index in [-0.39, 0.29) is 12.6 Å². The fourth-order valence-electron chi connectivity index (χ4n) is 6.06. The summed E-state index contributed by atoms with van der Waals surface area (Å²) < 4.78 is 0. The summed E-state index contributed by atoms with van der Waals surface area (Å²) in [6.45, 7) is 0.199. The van der Waals surface area contributed by atoms with Crippen molar-refractivity contribution in [3.8, 4) is 0 Å². The van der Waals surface area contributed by atoms with Crippen molar-refractivity contribution in [1.82, 2.24) is 5.32 Å². The van der Waals surface area contributed by atoms with Crippen molar-refractivity contribution >= 4 is 5.91 Å². The van der Waals surface area contributed by atoms with Gasteiger partial charge in [0, 0.05) is 18.6 Å². The Bertz CT molecular complexity index is 388. The van der Waals surface area contributed by atoms with E-state index in [0.717, 1.165) is 30.1 Å². The monoisotopic (exact) mass is 291 g/mol. The standard InChI is InChI=1S/C18H29NO2/c20-9-8-14(11-4-2-1-3-5-11)19-18(21)17-15-12-6-7-13(10-12)16(15)17/h11-17,20H,1-10H2,(H,19,21). The highest BCUT2D eigenvalue weighted by Crippen LogP contribution is 2.69. The van der Waals surface area contributed by atoms with Crippen molar-refractivity contribution < 1.29 is 9.90 Å². The van der Waals surface area contributed by atoms with E-state index in [2.05, 4.69) is 5.32 Å². The molecular formula is C18H29NO2. The van der Waals surface area contributed by atoms with Crippen LogP contribution in [0, 0.1) is 35.5 Å². The maximum absolute atomic E-state index is 12.7. The summed E-state index contributed by atoms with van der Waals surface area (Å²) in [4.78, 5) is 12.7. The molecule has 5 unspecified atom stereocenters. The molecule has 4 rings (SSSR count). The van der Waals surface area contributed by atoms with Crippen molar-refractivity contribution in [2.24, 2.45) is 35.5 Å². The molecule has 4 aliphatic rings. The minimum atomic E-state index is 0.199. The first-order valence-electron chi connectivity index (χ1n) is 9.21. The molecule has 0 spiro atoms. The SMILES string of the molecule is O=C(NC(CCO)C1CCCCC1)C1C2C3CCC(C3)C12. The predicted molar refractivity (Wildman–Crippen MR) is 81.5 cm³/mol. The zero-order chi connectivity index (χ0) is 14.4. The number of rotatable bonds is 5. The number of aliphatic hydroxyl groups is 1. The van der Waals surface area contributed by atoms with Crippen molar-refractivity contribution in [3.63, 3.8) is 0 Å². The second-order valence-corrected chi connectivity index (χ2v) is 8.04. The Morgan fingerprint density at radius 1 is 1.05 bits per heavy atom. The molecule has 5 atom stereocenters. The van der Waals surface area contributed by atoms with E-state index in [1.54, 1.807) is 0 Å². The molecule has 4 aliphatic carbocycles. The molecule has 0 saturated heterocycles. The molecule has 2 bridgehead atoms. The van der Waals surface area contributed by atoms with Gasteiger partial charge in [-0.1, -0.05) is 19.3 Å². The van der Waals surface area contributed by atoms with Crippen LogP contribution in [0.5, 0.6) is 0 Å². The van der Waals surface area contributed by atoms with E-state index >= 15 is 0 Å². The quantitative estimate of drug-likeness (QED) is 0.818. The maximum atomic E-state index is 12.7. The third kappa shape index (κ3) is 2.42. The zero-order valence-corrected chi connectivity index (χ0v) is 13.0.